The number of carboxylic acids is 1. The van der Waals surface area contributed by atoms with Crippen LogP contribution in [0.15, 0.2) is 42.5 Å². The number of hydrogen-bond donors (Lipinski definition) is 2. The molecule has 1 amide bonds. The summed E-state index contributed by atoms with van der Waals surface area (Å²) in [6.07, 6.45) is 0. The van der Waals surface area contributed by atoms with E-state index in [1.165, 1.54) is 0 Å². The lowest BCUT2D eigenvalue weighted by molar-refractivity contribution is -0.384. The zero-order chi connectivity index (χ0) is 17.0. The Kier molecular flexibility index (Phi) is 4.70. The van der Waals surface area contributed by atoms with Gasteiger partial charge in [-0.2, -0.15) is 0 Å². The molecule has 2 aromatic carbocycles. The summed E-state index contributed by atoms with van der Waals surface area (Å²) in [7, 11) is 0. The van der Waals surface area contributed by atoms with Gasteiger partial charge in [0.25, 0.3) is 11.6 Å². The first-order valence-electron chi connectivity index (χ1n) is 6.74. The summed E-state index contributed by atoms with van der Waals surface area (Å²) in [6.45, 7) is 2.13. The summed E-state index contributed by atoms with van der Waals surface area (Å²) in [5, 5.41) is 22.5. The van der Waals surface area contributed by atoms with E-state index in [0.29, 0.717) is 0 Å². The number of aromatic carboxylic acids is 1. The lowest BCUT2D eigenvalue weighted by Gasteiger charge is -2.08. The van der Waals surface area contributed by atoms with Gasteiger partial charge in [0.05, 0.1) is 16.1 Å². The Bertz CT molecular complexity index is 769. The van der Waals surface area contributed by atoms with Gasteiger partial charge in [-0.1, -0.05) is 29.8 Å². The van der Waals surface area contributed by atoms with Crippen molar-refractivity contribution in [1.29, 1.82) is 0 Å². The third-order valence-electron chi connectivity index (χ3n) is 3.26. The number of carbonyl (C=O) groups is 2. The summed E-state index contributed by atoms with van der Waals surface area (Å²) in [4.78, 5) is 33.5. The number of aryl methyl sites for hydroxylation is 1. The Morgan fingerprint density at radius 1 is 1.13 bits per heavy atom. The van der Waals surface area contributed by atoms with Crippen molar-refractivity contribution in [2.75, 3.05) is 0 Å². The number of nitro benzene ring substituents is 1. The van der Waals surface area contributed by atoms with Crippen LogP contribution in [0.3, 0.4) is 0 Å². The lowest BCUT2D eigenvalue weighted by Crippen LogP contribution is -2.25. The summed E-state index contributed by atoms with van der Waals surface area (Å²) in [5.74, 6) is -1.99. The van der Waals surface area contributed by atoms with Crippen LogP contribution in [0, 0.1) is 17.0 Å². The zero-order valence-corrected chi connectivity index (χ0v) is 12.3. The third kappa shape index (κ3) is 3.91. The minimum atomic E-state index is -1.32. The lowest BCUT2D eigenvalue weighted by atomic mass is 10.1. The van der Waals surface area contributed by atoms with Crippen LogP contribution in [0.4, 0.5) is 5.69 Å². The Hall–Kier alpha value is -3.22. The molecule has 0 bridgehead atoms. The maximum absolute atomic E-state index is 12.2. The number of carbonyl (C=O) groups excluding carboxylic acids is 1. The minimum absolute atomic E-state index is 0.195. The number of benzene rings is 2. The molecule has 0 radical (unpaired) electrons. The number of nitrogens with one attached hydrogen (secondary N) is 1. The molecule has 2 N–H and O–H groups in total. The molecule has 0 saturated heterocycles. The molecule has 0 unspecified atom stereocenters. The normalized spacial score (nSPS) is 10.1. The third-order valence-corrected chi connectivity index (χ3v) is 3.26. The Balaban J connectivity index is 2.23. The van der Waals surface area contributed by atoms with E-state index in [0.717, 1.165) is 29.3 Å². The maximum Gasteiger partial charge on any atom is 0.336 e. The molecule has 7 heteroatoms. The fourth-order valence-electron chi connectivity index (χ4n) is 2.00. The molecular formula is C16H14N2O5. The van der Waals surface area contributed by atoms with E-state index >= 15 is 0 Å². The van der Waals surface area contributed by atoms with E-state index in [4.69, 9.17) is 5.11 Å². The standard InChI is InChI=1S/C16H14N2O5/c1-10-2-4-11(5-3-10)9-17-15(19)14-8-12(18(22)23)6-7-13(14)16(20)21/h2-8H,9H2,1H3,(H,17,19)(H,20,21). The van der Waals surface area contributed by atoms with Crippen molar-refractivity contribution < 1.29 is 19.6 Å². The quantitative estimate of drug-likeness (QED) is 0.651. The molecule has 118 valence electrons. The first kappa shape index (κ1) is 16.2. The Morgan fingerprint density at radius 2 is 1.78 bits per heavy atom. The van der Waals surface area contributed by atoms with E-state index in [9.17, 15) is 19.7 Å². The van der Waals surface area contributed by atoms with Crippen molar-refractivity contribution in [1.82, 2.24) is 5.32 Å². The molecule has 0 aliphatic heterocycles. The molecule has 7 nitrogen and oxygen atoms in total. The van der Waals surface area contributed by atoms with Gasteiger partial charge in [0.2, 0.25) is 0 Å². The molecule has 0 atom stereocenters. The van der Waals surface area contributed by atoms with Crippen LogP contribution in [0.5, 0.6) is 0 Å². The minimum Gasteiger partial charge on any atom is -0.478 e. The highest BCUT2D eigenvalue weighted by Gasteiger charge is 2.20. The Labute approximate surface area is 131 Å². The fraction of sp³-hybridized carbons (Fsp3) is 0.125. The number of amides is 1. The average molecular weight is 314 g/mol. The van der Waals surface area contributed by atoms with Gasteiger partial charge >= 0.3 is 5.97 Å². The van der Waals surface area contributed by atoms with Gasteiger partial charge in [-0.3, -0.25) is 14.9 Å². The SMILES string of the molecule is Cc1ccc(CNC(=O)c2cc([N+](=O)[O-])ccc2C(=O)O)cc1. The Morgan fingerprint density at radius 3 is 2.35 bits per heavy atom. The largest absolute Gasteiger partial charge is 0.478 e. The number of non-ortho nitro benzene ring substituents is 1. The van der Waals surface area contributed by atoms with Crippen LogP contribution in [0.1, 0.15) is 31.8 Å². The monoisotopic (exact) mass is 314 g/mol. The van der Waals surface area contributed by atoms with E-state index in [2.05, 4.69) is 5.32 Å². The molecule has 23 heavy (non-hydrogen) atoms. The van der Waals surface area contributed by atoms with Gasteiger partial charge in [0.1, 0.15) is 0 Å². The number of nitro groups is 1. The first-order valence-corrected chi connectivity index (χ1v) is 6.74. The van der Waals surface area contributed by atoms with E-state index in [-0.39, 0.29) is 23.4 Å². The highest BCUT2D eigenvalue weighted by atomic mass is 16.6. The smallest absolute Gasteiger partial charge is 0.336 e. The van der Waals surface area contributed by atoms with Crippen LogP contribution < -0.4 is 5.32 Å². The fourth-order valence-corrected chi connectivity index (χ4v) is 2.00. The van der Waals surface area contributed by atoms with Crippen molar-refractivity contribution >= 4 is 17.6 Å². The van der Waals surface area contributed by atoms with Crippen molar-refractivity contribution in [2.24, 2.45) is 0 Å². The van der Waals surface area contributed by atoms with Gasteiger partial charge in [-0.05, 0) is 18.6 Å². The molecule has 2 aromatic rings. The van der Waals surface area contributed by atoms with E-state index < -0.39 is 16.8 Å². The second kappa shape index (κ2) is 6.69. The summed E-state index contributed by atoms with van der Waals surface area (Å²) < 4.78 is 0. The van der Waals surface area contributed by atoms with Crippen LogP contribution >= 0.6 is 0 Å². The summed E-state index contributed by atoms with van der Waals surface area (Å²) in [5.41, 5.74) is 1.06. The van der Waals surface area contributed by atoms with Gasteiger partial charge in [-0.25, -0.2) is 4.79 Å². The van der Waals surface area contributed by atoms with E-state index in [1.807, 2.05) is 31.2 Å². The highest BCUT2D eigenvalue weighted by Crippen LogP contribution is 2.18. The van der Waals surface area contributed by atoms with Gasteiger partial charge < -0.3 is 10.4 Å². The van der Waals surface area contributed by atoms with Crippen LogP contribution in [-0.2, 0) is 6.54 Å². The second-order valence-corrected chi connectivity index (χ2v) is 4.96. The van der Waals surface area contributed by atoms with Gasteiger partial charge in [0.15, 0.2) is 0 Å². The number of carboxylic acid groups (broad SMARTS) is 1. The number of hydrogen-bond acceptors (Lipinski definition) is 4. The van der Waals surface area contributed by atoms with Crippen molar-refractivity contribution in [3.8, 4) is 0 Å². The predicted octanol–water partition coefficient (Wildman–Crippen LogP) is 2.53. The summed E-state index contributed by atoms with van der Waals surface area (Å²) in [6, 6.07) is 10.5. The second-order valence-electron chi connectivity index (χ2n) is 4.96. The van der Waals surface area contributed by atoms with Crippen LogP contribution in [0.25, 0.3) is 0 Å². The molecule has 0 aromatic heterocycles. The highest BCUT2D eigenvalue weighted by molar-refractivity contribution is 6.05. The maximum atomic E-state index is 12.2. The molecule has 0 aliphatic rings. The average Bonchev–Trinajstić information content (AvgIpc) is 2.53. The molecular weight excluding hydrogens is 300 g/mol. The first-order chi connectivity index (χ1) is 10.9. The van der Waals surface area contributed by atoms with Crippen molar-refractivity contribution in [3.05, 3.63) is 74.8 Å². The molecule has 0 saturated carbocycles. The van der Waals surface area contributed by atoms with Gasteiger partial charge in [0, 0.05) is 18.7 Å². The predicted molar refractivity (Wildman–Crippen MR) is 82.4 cm³/mol. The van der Waals surface area contributed by atoms with Crippen molar-refractivity contribution in [3.63, 3.8) is 0 Å². The summed E-state index contributed by atoms with van der Waals surface area (Å²) >= 11 is 0. The molecule has 0 aliphatic carbocycles. The zero-order valence-electron chi connectivity index (χ0n) is 12.3. The molecule has 0 heterocycles. The van der Waals surface area contributed by atoms with Crippen molar-refractivity contribution in [2.45, 2.75) is 13.5 Å². The number of nitrogens with zero attached hydrogens (tertiary/aromatic N) is 1. The topological polar surface area (TPSA) is 110 Å². The molecule has 0 spiro atoms. The molecule has 0 fully saturated rings. The van der Waals surface area contributed by atoms with Crippen LogP contribution in [-0.4, -0.2) is 21.9 Å². The van der Waals surface area contributed by atoms with Gasteiger partial charge in [-0.15, -0.1) is 0 Å². The molecule has 2 rings (SSSR count). The van der Waals surface area contributed by atoms with Crippen LogP contribution in [0.2, 0.25) is 0 Å². The van der Waals surface area contributed by atoms with E-state index in [1.54, 1.807) is 0 Å². The number of rotatable bonds is 5.